The topological polar surface area (TPSA) is 90.3 Å². The van der Waals surface area contributed by atoms with E-state index in [2.05, 4.69) is 49.5 Å². The normalized spacial score (nSPS) is 17.1. The van der Waals surface area contributed by atoms with Gasteiger partial charge in [0, 0.05) is 75.5 Å². The smallest absolute Gasteiger partial charge is 0.225 e. The zero-order chi connectivity index (χ0) is 23.1. The molecule has 0 amide bonds. The Bertz CT molecular complexity index is 1170. The highest BCUT2D eigenvalue weighted by atomic mass is 35.5. The Morgan fingerprint density at radius 1 is 0.559 bits per heavy atom. The number of aromatic nitrogens is 6. The molecule has 6 heterocycles. The summed E-state index contributed by atoms with van der Waals surface area (Å²) in [5.74, 6) is 1.39. The summed E-state index contributed by atoms with van der Waals surface area (Å²) < 4.78 is 0. The molecule has 0 unspecified atom stereocenters. The number of halogens is 2. The van der Waals surface area contributed by atoms with E-state index in [4.69, 9.17) is 23.2 Å². The van der Waals surface area contributed by atoms with E-state index in [1.807, 2.05) is 23.2 Å². The largest absolute Gasteiger partial charge is 0.351 e. The molecule has 4 aromatic heterocycles. The van der Waals surface area contributed by atoms with Crippen LogP contribution >= 0.6 is 45.9 Å². The molecule has 0 saturated carbocycles. The summed E-state index contributed by atoms with van der Waals surface area (Å²) in [6.07, 6.45) is 3.67. The third-order valence-electron chi connectivity index (χ3n) is 5.99. The van der Waals surface area contributed by atoms with Gasteiger partial charge in [-0.15, -0.1) is 22.7 Å². The number of fused-ring (bicyclic) bond motifs is 1. The Hall–Kier alpha value is -2.54. The fraction of sp³-hybridized carbons (Fsp3) is 0.400. The van der Waals surface area contributed by atoms with Gasteiger partial charge in [0.15, 0.2) is 21.9 Å². The number of thiazole rings is 2. The van der Waals surface area contributed by atoms with Gasteiger partial charge in [0.1, 0.15) is 11.0 Å². The lowest BCUT2D eigenvalue weighted by Crippen LogP contribution is -2.47. The molecule has 176 valence electrons. The molecule has 2 saturated heterocycles. The molecular weight excluding hydrogens is 515 g/mol. The first-order valence-corrected chi connectivity index (χ1v) is 13.4. The lowest BCUT2D eigenvalue weighted by molar-refractivity contribution is 0.644. The summed E-state index contributed by atoms with van der Waals surface area (Å²) in [4.78, 5) is 36.0. The van der Waals surface area contributed by atoms with Crippen LogP contribution in [0.5, 0.6) is 0 Å². The summed E-state index contributed by atoms with van der Waals surface area (Å²) in [7, 11) is 0. The maximum Gasteiger partial charge on any atom is 0.225 e. The van der Waals surface area contributed by atoms with E-state index in [9.17, 15) is 0 Å². The molecule has 0 aliphatic carbocycles. The molecule has 14 heteroatoms. The lowest BCUT2D eigenvalue weighted by atomic mass is 10.2. The zero-order valence-electron chi connectivity index (χ0n) is 18.0. The maximum absolute atomic E-state index is 6.40. The first kappa shape index (κ1) is 22.0. The standard InChI is InChI=1S/C20H20Cl2N10S2/c21-17-26-14-13(15(27-17)29-3-7-31(8-4-29)19-23-1-11-33-19)25-18(22)28-16(14)30-5-9-32(10-6-30)20-24-2-12-34-20/h1-2,11-12H,3-10H2. The van der Waals surface area contributed by atoms with Crippen molar-refractivity contribution in [2.45, 2.75) is 0 Å². The first-order chi connectivity index (χ1) is 16.7. The van der Waals surface area contributed by atoms with Crippen molar-refractivity contribution in [2.24, 2.45) is 0 Å². The van der Waals surface area contributed by atoms with Crippen LogP contribution in [0.2, 0.25) is 10.6 Å². The van der Waals surface area contributed by atoms with Crippen LogP contribution in [0.25, 0.3) is 11.0 Å². The SMILES string of the molecule is Clc1nc(N2CCN(c3nccs3)CC2)c2nc(Cl)nc(N3CCN(c4nccs4)CC3)c2n1. The highest BCUT2D eigenvalue weighted by Gasteiger charge is 2.27. The van der Waals surface area contributed by atoms with Crippen LogP contribution < -0.4 is 19.6 Å². The summed E-state index contributed by atoms with van der Waals surface area (Å²) >= 11 is 16.1. The van der Waals surface area contributed by atoms with E-state index in [0.29, 0.717) is 22.7 Å². The van der Waals surface area contributed by atoms with Crippen molar-refractivity contribution in [3.8, 4) is 0 Å². The molecule has 0 N–H and O–H groups in total. The van der Waals surface area contributed by atoms with E-state index in [1.54, 1.807) is 22.7 Å². The number of hydrogen-bond donors (Lipinski definition) is 0. The number of anilines is 4. The molecule has 0 atom stereocenters. The predicted molar refractivity (Wildman–Crippen MR) is 138 cm³/mol. The number of hydrogen-bond acceptors (Lipinski definition) is 12. The van der Waals surface area contributed by atoms with Gasteiger partial charge in [0.05, 0.1) is 0 Å². The minimum Gasteiger partial charge on any atom is -0.351 e. The Balaban J connectivity index is 1.28. The van der Waals surface area contributed by atoms with Gasteiger partial charge in [-0.2, -0.15) is 9.97 Å². The van der Waals surface area contributed by atoms with E-state index >= 15 is 0 Å². The molecule has 0 aromatic carbocycles. The summed E-state index contributed by atoms with van der Waals surface area (Å²) in [6, 6.07) is 0. The molecule has 0 radical (unpaired) electrons. The van der Waals surface area contributed by atoms with Crippen LogP contribution in [0.4, 0.5) is 21.9 Å². The second kappa shape index (κ2) is 9.25. The van der Waals surface area contributed by atoms with E-state index < -0.39 is 0 Å². The van der Waals surface area contributed by atoms with Gasteiger partial charge >= 0.3 is 0 Å². The molecule has 34 heavy (non-hydrogen) atoms. The Kier molecular flexibility index (Phi) is 5.97. The third kappa shape index (κ3) is 4.19. The summed E-state index contributed by atoms with van der Waals surface area (Å²) in [5, 5.41) is 6.43. The average molecular weight is 535 g/mol. The van der Waals surface area contributed by atoms with Gasteiger partial charge in [-0.1, -0.05) is 0 Å². The summed E-state index contributed by atoms with van der Waals surface area (Å²) in [6.45, 7) is 6.41. The minimum absolute atomic E-state index is 0.179. The second-order valence-electron chi connectivity index (χ2n) is 7.91. The highest BCUT2D eigenvalue weighted by molar-refractivity contribution is 7.13. The van der Waals surface area contributed by atoms with Crippen LogP contribution in [0, 0.1) is 0 Å². The van der Waals surface area contributed by atoms with Crippen molar-refractivity contribution >= 4 is 78.8 Å². The quantitative estimate of drug-likeness (QED) is 0.363. The molecule has 2 aliphatic heterocycles. The highest BCUT2D eigenvalue weighted by Crippen LogP contribution is 2.33. The summed E-state index contributed by atoms with van der Waals surface area (Å²) in [5.41, 5.74) is 1.26. The van der Waals surface area contributed by atoms with Crippen LogP contribution in [-0.4, -0.2) is 82.3 Å². The number of nitrogens with zero attached hydrogens (tertiary/aromatic N) is 10. The molecule has 0 bridgehead atoms. The van der Waals surface area contributed by atoms with E-state index in [1.165, 1.54) is 0 Å². The van der Waals surface area contributed by atoms with Gasteiger partial charge in [0.25, 0.3) is 0 Å². The van der Waals surface area contributed by atoms with E-state index in [0.717, 1.165) is 62.6 Å². The molecule has 4 aromatic rings. The predicted octanol–water partition coefficient (Wildman–Crippen LogP) is 3.29. The monoisotopic (exact) mass is 534 g/mol. The van der Waals surface area contributed by atoms with Crippen LogP contribution in [0.15, 0.2) is 23.2 Å². The van der Waals surface area contributed by atoms with Crippen molar-refractivity contribution in [1.82, 2.24) is 29.9 Å². The maximum atomic E-state index is 6.40. The molecular formula is C20H20Cl2N10S2. The van der Waals surface area contributed by atoms with Crippen LogP contribution in [0.3, 0.4) is 0 Å². The van der Waals surface area contributed by atoms with Gasteiger partial charge in [0.2, 0.25) is 10.6 Å². The fourth-order valence-corrected chi connectivity index (χ4v) is 6.06. The second-order valence-corrected chi connectivity index (χ2v) is 10.3. The van der Waals surface area contributed by atoms with Crippen molar-refractivity contribution in [2.75, 3.05) is 72.0 Å². The average Bonchev–Trinajstić information content (AvgIpc) is 3.59. The Labute approximate surface area is 213 Å². The Morgan fingerprint density at radius 2 is 0.941 bits per heavy atom. The molecule has 6 rings (SSSR count). The molecule has 0 spiro atoms. The third-order valence-corrected chi connectivity index (χ3v) is 7.99. The van der Waals surface area contributed by atoms with E-state index in [-0.39, 0.29) is 10.6 Å². The van der Waals surface area contributed by atoms with Crippen molar-refractivity contribution in [3.05, 3.63) is 33.7 Å². The number of piperazine rings is 2. The van der Waals surface area contributed by atoms with Gasteiger partial charge < -0.3 is 19.6 Å². The molecule has 2 aliphatic rings. The Morgan fingerprint density at radius 3 is 1.29 bits per heavy atom. The van der Waals surface area contributed by atoms with Crippen molar-refractivity contribution in [3.63, 3.8) is 0 Å². The lowest BCUT2D eigenvalue weighted by Gasteiger charge is -2.36. The van der Waals surface area contributed by atoms with Gasteiger partial charge in [-0.05, 0) is 23.2 Å². The molecule has 10 nitrogen and oxygen atoms in total. The number of rotatable bonds is 4. The van der Waals surface area contributed by atoms with Crippen LogP contribution in [0.1, 0.15) is 0 Å². The van der Waals surface area contributed by atoms with Crippen molar-refractivity contribution in [1.29, 1.82) is 0 Å². The fourth-order valence-electron chi connectivity index (χ4n) is 4.34. The molecule has 2 fully saturated rings. The van der Waals surface area contributed by atoms with Gasteiger partial charge in [-0.3, -0.25) is 0 Å². The van der Waals surface area contributed by atoms with Gasteiger partial charge in [-0.25, -0.2) is 19.9 Å². The zero-order valence-corrected chi connectivity index (χ0v) is 21.2. The first-order valence-electron chi connectivity index (χ1n) is 10.9. The van der Waals surface area contributed by atoms with Crippen molar-refractivity contribution < 1.29 is 0 Å². The van der Waals surface area contributed by atoms with Crippen LogP contribution in [-0.2, 0) is 0 Å². The minimum atomic E-state index is 0.179.